The van der Waals surface area contributed by atoms with E-state index in [1.807, 2.05) is 97.1 Å². The smallest absolute Gasteiger partial charge is 0.307 e. The predicted molar refractivity (Wildman–Crippen MR) is 191 cm³/mol. The lowest BCUT2D eigenvalue weighted by Crippen LogP contribution is -2.24. The molecule has 49 heavy (non-hydrogen) atoms. The lowest BCUT2D eigenvalue weighted by Gasteiger charge is -2.07. The Bertz CT molecular complexity index is 1900. The fourth-order valence-corrected chi connectivity index (χ4v) is 4.83. The first-order chi connectivity index (χ1) is 23.8. The van der Waals surface area contributed by atoms with Crippen molar-refractivity contribution in [3.05, 3.63) is 192 Å². The Kier molecular flexibility index (Phi) is 14.0. The molecule has 1 amide bonds. The van der Waals surface area contributed by atoms with Gasteiger partial charge >= 0.3 is 5.97 Å². The maximum atomic E-state index is 13.1. The molecule has 0 unspecified atom stereocenters. The number of amides is 1. The van der Waals surface area contributed by atoms with Crippen LogP contribution in [0.4, 0.5) is 8.78 Å². The number of rotatable bonds is 9. The topological polar surface area (TPSA) is 92.4 Å². The highest BCUT2D eigenvalue weighted by Crippen LogP contribution is 2.20. The van der Waals surface area contributed by atoms with E-state index in [1.165, 1.54) is 24.3 Å². The van der Waals surface area contributed by atoms with Gasteiger partial charge in [0.2, 0.25) is 5.91 Å². The molecule has 0 aliphatic rings. The van der Waals surface area contributed by atoms with Crippen LogP contribution in [0.2, 0.25) is 0 Å². The highest BCUT2D eigenvalue weighted by molar-refractivity contribution is 5.79. The summed E-state index contributed by atoms with van der Waals surface area (Å²) in [6.07, 6.45) is 0.388. The van der Waals surface area contributed by atoms with E-state index in [2.05, 4.69) is 17.4 Å². The van der Waals surface area contributed by atoms with E-state index in [1.54, 1.807) is 24.3 Å². The Morgan fingerprint density at radius 3 is 1.37 bits per heavy atom. The second-order valence-corrected chi connectivity index (χ2v) is 11.1. The lowest BCUT2D eigenvalue weighted by atomic mass is 10.0. The molecule has 0 saturated carbocycles. The minimum Gasteiger partial charge on any atom is -0.481 e. The van der Waals surface area contributed by atoms with Gasteiger partial charge in [-0.05, 0) is 68.8 Å². The molecule has 0 radical (unpaired) electrons. The minimum absolute atomic E-state index is 0.0771. The SMILES string of the molecule is NCc1cccc(F)c1.O=C(Cc1ccc(-c2ccccc2)cc1)NCc1cccc(F)c1.O=C(O)Cc1ccc(-c2ccccc2)cc1. The van der Waals surface area contributed by atoms with Gasteiger partial charge in [0, 0.05) is 13.1 Å². The summed E-state index contributed by atoms with van der Waals surface area (Å²) in [7, 11) is 0. The van der Waals surface area contributed by atoms with Gasteiger partial charge in [0.1, 0.15) is 11.6 Å². The first kappa shape index (κ1) is 35.9. The number of carbonyl (C=O) groups is 2. The van der Waals surface area contributed by atoms with Gasteiger partial charge in [0.25, 0.3) is 0 Å². The van der Waals surface area contributed by atoms with Crippen molar-refractivity contribution < 1.29 is 23.5 Å². The van der Waals surface area contributed by atoms with Crippen LogP contribution in [0.1, 0.15) is 22.3 Å². The molecule has 0 spiro atoms. The van der Waals surface area contributed by atoms with Crippen LogP contribution in [0, 0.1) is 11.6 Å². The number of halogens is 2. The average Bonchev–Trinajstić information content (AvgIpc) is 3.12. The van der Waals surface area contributed by atoms with E-state index >= 15 is 0 Å². The van der Waals surface area contributed by atoms with Crippen molar-refractivity contribution in [1.29, 1.82) is 0 Å². The molecule has 0 bridgehead atoms. The lowest BCUT2D eigenvalue weighted by molar-refractivity contribution is -0.136. The van der Waals surface area contributed by atoms with Gasteiger partial charge in [-0.3, -0.25) is 9.59 Å². The van der Waals surface area contributed by atoms with Crippen LogP contribution in [0.5, 0.6) is 0 Å². The molecular formula is C42H38F2N2O3. The average molecular weight is 657 g/mol. The van der Waals surface area contributed by atoms with Crippen LogP contribution in [0.3, 0.4) is 0 Å². The molecular weight excluding hydrogens is 618 g/mol. The summed E-state index contributed by atoms with van der Waals surface area (Å²) in [4.78, 5) is 22.5. The first-order valence-electron chi connectivity index (χ1n) is 15.7. The zero-order chi connectivity index (χ0) is 34.8. The van der Waals surface area contributed by atoms with Crippen molar-refractivity contribution in [1.82, 2.24) is 5.32 Å². The van der Waals surface area contributed by atoms with Crippen LogP contribution < -0.4 is 11.1 Å². The van der Waals surface area contributed by atoms with Crippen LogP contribution in [0.25, 0.3) is 22.3 Å². The molecule has 5 nitrogen and oxygen atoms in total. The van der Waals surface area contributed by atoms with Crippen LogP contribution >= 0.6 is 0 Å². The molecule has 0 saturated heterocycles. The molecule has 7 heteroatoms. The zero-order valence-electron chi connectivity index (χ0n) is 26.9. The fraction of sp³-hybridized carbons (Fsp3) is 0.0952. The number of nitrogens with one attached hydrogen (secondary N) is 1. The van der Waals surface area contributed by atoms with E-state index in [9.17, 15) is 18.4 Å². The summed E-state index contributed by atoms with van der Waals surface area (Å²) in [6, 6.07) is 48.2. The summed E-state index contributed by atoms with van der Waals surface area (Å²) in [6.45, 7) is 0.733. The molecule has 4 N–H and O–H groups in total. The highest BCUT2D eigenvalue weighted by atomic mass is 19.1. The van der Waals surface area contributed by atoms with Crippen molar-refractivity contribution in [2.45, 2.75) is 25.9 Å². The van der Waals surface area contributed by atoms with E-state index < -0.39 is 5.97 Å². The summed E-state index contributed by atoms with van der Waals surface area (Å²) in [5.74, 6) is -1.39. The quantitative estimate of drug-likeness (QED) is 0.145. The van der Waals surface area contributed by atoms with Crippen LogP contribution in [-0.4, -0.2) is 17.0 Å². The monoisotopic (exact) mass is 656 g/mol. The van der Waals surface area contributed by atoms with Crippen molar-refractivity contribution in [2.24, 2.45) is 5.73 Å². The Morgan fingerprint density at radius 2 is 0.939 bits per heavy atom. The molecule has 6 rings (SSSR count). The van der Waals surface area contributed by atoms with Crippen molar-refractivity contribution in [3.63, 3.8) is 0 Å². The number of hydrogen-bond donors (Lipinski definition) is 3. The second-order valence-electron chi connectivity index (χ2n) is 11.1. The highest BCUT2D eigenvalue weighted by Gasteiger charge is 2.05. The summed E-state index contributed by atoms with van der Waals surface area (Å²) >= 11 is 0. The Hall–Kier alpha value is -5.92. The Morgan fingerprint density at radius 1 is 0.510 bits per heavy atom. The predicted octanol–water partition coefficient (Wildman–Crippen LogP) is 8.62. The van der Waals surface area contributed by atoms with E-state index in [4.69, 9.17) is 10.8 Å². The maximum Gasteiger partial charge on any atom is 0.307 e. The van der Waals surface area contributed by atoms with Gasteiger partial charge in [-0.15, -0.1) is 0 Å². The second kappa shape index (κ2) is 19.0. The number of carboxylic acids is 1. The number of nitrogens with two attached hydrogens (primary N) is 1. The normalized spacial score (nSPS) is 10.1. The zero-order valence-corrected chi connectivity index (χ0v) is 26.9. The minimum atomic E-state index is -0.799. The fourth-order valence-electron chi connectivity index (χ4n) is 4.83. The largest absolute Gasteiger partial charge is 0.481 e. The first-order valence-corrected chi connectivity index (χ1v) is 15.7. The van der Waals surface area contributed by atoms with Gasteiger partial charge < -0.3 is 16.2 Å². The van der Waals surface area contributed by atoms with E-state index in [-0.39, 0.29) is 24.0 Å². The van der Waals surface area contributed by atoms with Gasteiger partial charge in [-0.2, -0.15) is 0 Å². The number of carboxylic acid groups (broad SMARTS) is 1. The van der Waals surface area contributed by atoms with Crippen molar-refractivity contribution >= 4 is 11.9 Å². The van der Waals surface area contributed by atoms with Crippen molar-refractivity contribution in [3.8, 4) is 22.3 Å². The number of aliphatic carboxylic acids is 1. The standard InChI is InChI=1S/C21H18FNO.C14H12O2.C7H8FN/c22-20-8-4-5-17(13-20)15-23-21(24)14-16-9-11-19(12-10-16)18-6-2-1-3-7-18;15-14(16)10-11-6-8-13(9-7-11)12-4-2-1-3-5-12;8-7-3-1-2-6(4-7)5-9/h1-13H,14-15H2,(H,23,24);1-9H,10H2,(H,15,16);1-4H,5,9H2. The van der Waals surface area contributed by atoms with Gasteiger partial charge in [-0.1, -0.05) is 133 Å². The third kappa shape index (κ3) is 12.7. The summed E-state index contributed by atoms with van der Waals surface area (Å²) in [5, 5.41) is 11.5. The maximum absolute atomic E-state index is 13.1. The molecule has 0 heterocycles. The van der Waals surface area contributed by atoms with Crippen molar-refractivity contribution in [2.75, 3.05) is 0 Å². The van der Waals surface area contributed by atoms with Gasteiger partial charge in [-0.25, -0.2) is 8.78 Å². The summed E-state index contributed by atoms with van der Waals surface area (Å²) in [5.41, 5.74) is 13.1. The molecule has 6 aromatic carbocycles. The van der Waals surface area contributed by atoms with Crippen LogP contribution in [-0.2, 0) is 35.5 Å². The Balaban J connectivity index is 0.000000185. The molecule has 0 aliphatic carbocycles. The number of hydrogen-bond acceptors (Lipinski definition) is 3. The third-order valence-corrected chi connectivity index (χ3v) is 7.35. The Labute approximate surface area is 285 Å². The van der Waals surface area contributed by atoms with E-state index in [0.717, 1.165) is 44.5 Å². The molecule has 0 atom stereocenters. The molecule has 0 aromatic heterocycles. The number of carbonyl (C=O) groups excluding carboxylic acids is 1. The third-order valence-electron chi connectivity index (χ3n) is 7.35. The molecule has 6 aromatic rings. The number of benzene rings is 6. The summed E-state index contributed by atoms with van der Waals surface area (Å²) < 4.78 is 25.4. The molecule has 0 aliphatic heterocycles. The molecule has 0 fully saturated rings. The van der Waals surface area contributed by atoms with Crippen LogP contribution in [0.15, 0.2) is 158 Å². The van der Waals surface area contributed by atoms with Gasteiger partial charge in [0.15, 0.2) is 0 Å². The van der Waals surface area contributed by atoms with E-state index in [0.29, 0.717) is 19.5 Å². The van der Waals surface area contributed by atoms with Gasteiger partial charge in [0.05, 0.1) is 12.8 Å². The molecule has 248 valence electrons.